The Hall–Kier alpha value is -2.91. The largest absolute Gasteiger partial charge is 0.376 e. The average Bonchev–Trinajstić information content (AvgIpc) is 2.72. The molecule has 0 radical (unpaired) electrons. The van der Waals surface area contributed by atoms with Gasteiger partial charge in [0.05, 0.1) is 18.2 Å². The van der Waals surface area contributed by atoms with Crippen molar-refractivity contribution in [2.45, 2.75) is 6.42 Å². The maximum absolute atomic E-state index is 12.4. The van der Waals surface area contributed by atoms with E-state index in [9.17, 15) is 4.79 Å². The zero-order chi connectivity index (χ0) is 18.2. The Morgan fingerprint density at radius 3 is 2.42 bits per heavy atom. The molecule has 1 aliphatic rings. The van der Waals surface area contributed by atoms with Crippen molar-refractivity contribution in [3.8, 4) is 6.07 Å². The Bertz CT molecular complexity index is 746. The van der Waals surface area contributed by atoms with Gasteiger partial charge in [-0.3, -0.25) is 14.7 Å². The van der Waals surface area contributed by atoms with Crippen LogP contribution in [0.5, 0.6) is 0 Å². The van der Waals surface area contributed by atoms with Crippen LogP contribution in [-0.2, 0) is 11.2 Å². The van der Waals surface area contributed by atoms with E-state index in [1.165, 1.54) is 5.56 Å². The number of nitrogens with zero attached hydrogens (tertiary/aromatic N) is 4. The van der Waals surface area contributed by atoms with Gasteiger partial charge in [-0.2, -0.15) is 5.26 Å². The molecule has 1 aromatic heterocycles. The number of pyridine rings is 1. The summed E-state index contributed by atoms with van der Waals surface area (Å²) in [6.07, 6.45) is 4.66. The van der Waals surface area contributed by atoms with Gasteiger partial charge in [-0.25, -0.2) is 0 Å². The van der Waals surface area contributed by atoms with Gasteiger partial charge in [-0.15, -0.1) is 0 Å². The third-order valence-corrected chi connectivity index (χ3v) is 4.65. The summed E-state index contributed by atoms with van der Waals surface area (Å²) < 4.78 is 0. The summed E-state index contributed by atoms with van der Waals surface area (Å²) in [5, 5.41) is 11.9. The summed E-state index contributed by atoms with van der Waals surface area (Å²) in [4.78, 5) is 20.7. The lowest BCUT2D eigenvalue weighted by molar-refractivity contribution is -0.131. The summed E-state index contributed by atoms with van der Waals surface area (Å²) >= 11 is 0. The van der Waals surface area contributed by atoms with Gasteiger partial charge >= 0.3 is 0 Å². The molecule has 1 aliphatic heterocycles. The van der Waals surface area contributed by atoms with Gasteiger partial charge in [0.2, 0.25) is 5.91 Å². The number of carbonyl (C=O) groups is 1. The molecule has 134 valence electrons. The number of carbonyl (C=O) groups excluding carboxylic acids is 1. The van der Waals surface area contributed by atoms with Gasteiger partial charge in [0, 0.05) is 50.8 Å². The first-order chi connectivity index (χ1) is 12.7. The summed E-state index contributed by atoms with van der Waals surface area (Å²) in [5.74, 6) is 0.114. The van der Waals surface area contributed by atoms with Gasteiger partial charge in [0.25, 0.3) is 0 Å². The van der Waals surface area contributed by atoms with Crippen molar-refractivity contribution in [2.75, 3.05) is 44.6 Å². The van der Waals surface area contributed by atoms with Crippen LogP contribution < -0.4 is 5.32 Å². The second-order valence-corrected chi connectivity index (χ2v) is 6.37. The molecule has 1 aromatic carbocycles. The second kappa shape index (κ2) is 8.97. The smallest absolute Gasteiger partial charge is 0.241 e. The van der Waals surface area contributed by atoms with Crippen molar-refractivity contribution in [1.82, 2.24) is 14.8 Å². The summed E-state index contributed by atoms with van der Waals surface area (Å²) in [5.41, 5.74) is 2.77. The Morgan fingerprint density at radius 1 is 1.08 bits per heavy atom. The van der Waals surface area contributed by atoms with E-state index in [1.807, 2.05) is 29.4 Å². The van der Waals surface area contributed by atoms with E-state index in [0.29, 0.717) is 5.56 Å². The van der Waals surface area contributed by atoms with Gasteiger partial charge in [0.1, 0.15) is 0 Å². The number of piperazine rings is 1. The Kier molecular flexibility index (Phi) is 6.18. The first kappa shape index (κ1) is 17.9. The molecule has 2 aromatic rings. The lowest BCUT2D eigenvalue weighted by Crippen LogP contribution is -2.50. The number of benzene rings is 1. The summed E-state index contributed by atoms with van der Waals surface area (Å²) in [7, 11) is 0. The maximum Gasteiger partial charge on any atom is 0.241 e. The third-order valence-electron chi connectivity index (χ3n) is 4.65. The number of hydrogen-bond donors (Lipinski definition) is 1. The third kappa shape index (κ3) is 5.04. The predicted molar refractivity (Wildman–Crippen MR) is 101 cm³/mol. The van der Waals surface area contributed by atoms with Crippen LogP contribution in [0.25, 0.3) is 0 Å². The molecule has 6 nitrogen and oxygen atoms in total. The number of amides is 1. The minimum Gasteiger partial charge on any atom is -0.376 e. The minimum atomic E-state index is 0.114. The van der Waals surface area contributed by atoms with Crippen molar-refractivity contribution in [2.24, 2.45) is 0 Å². The molecular weight excluding hydrogens is 326 g/mol. The monoisotopic (exact) mass is 349 g/mol. The molecule has 3 rings (SSSR count). The lowest BCUT2D eigenvalue weighted by Gasteiger charge is -2.34. The van der Waals surface area contributed by atoms with Crippen LogP contribution >= 0.6 is 0 Å². The van der Waals surface area contributed by atoms with Crippen LogP contribution in [0.3, 0.4) is 0 Å². The molecule has 26 heavy (non-hydrogen) atoms. The molecule has 1 fully saturated rings. The van der Waals surface area contributed by atoms with Gasteiger partial charge < -0.3 is 10.2 Å². The van der Waals surface area contributed by atoms with Crippen LogP contribution in [0.15, 0.2) is 48.8 Å². The van der Waals surface area contributed by atoms with Crippen LogP contribution in [0.4, 0.5) is 5.69 Å². The molecule has 6 heteroatoms. The number of hydrogen-bond acceptors (Lipinski definition) is 5. The van der Waals surface area contributed by atoms with Crippen molar-refractivity contribution >= 4 is 11.6 Å². The Morgan fingerprint density at radius 2 is 1.77 bits per heavy atom. The zero-order valence-electron chi connectivity index (χ0n) is 14.8. The highest BCUT2D eigenvalue weighted by molar-refractivity contribution is 5.81. The molecule has 1 saturated heterocycles. The average molecular weight is 349 g/mol. The number of anilines is 1. The van der Waals surface area contributed by atoms with Crippen LogP contribution in [0, 0.1) is 11.3 Å². The molecule has 0 spiro atoms. The van der Waals surface area contributed by atoms with E-state index < -0.39 is 0 Å². The van der Waals surface area contributed by atoms with Crippen molar-refractivity contribution in [3.63, 3.8) is 0 Å². The van der Waals surface area contributed by atoms with Crippen LogP contribution in [-0.4, -0.2) is 60.0 Å². The van der Waals surface area contributed by atoms with Gasteiger partial charge in [0.15, 0.2) is 0 Å². The van der Waals surface area contributed by atoms with E-state index >= 15 is 0 Å². The van der Waals surface area contributed by atoms with Crippen molar-refractivity contribution in [3.05, 3.63) is 59.9 Å². The normalized spacial score (nSPS) is 14.7. The quantitative estimate of drug-likeness (QED) is 0.860. The molecule has 1 N–H and O–H groups in total. The highest BCUT2D eigenvalue weighted by Gasteiger charge is 2.20. The fourth-order valence-corrected chi connectivity index (χ4v) is 3.01. The van der Waals surface area contributed by atoms with E-state index in [1.54, 1.807) is 12.1 Å². The second-order valence-electron chi connectivity index (χ2n) is 6.37. The first-order valence-electron chi connectivity index (χ1n) is 8.87. The van der Waals surface area contributed by atoms with Crippen molar-refractivity contribution < 1.29 is 4.79 Å². The fourth-order valence-electron chi connectivity index (χ4n) is 3.01. The molecule has 0 saturated carbocycles. The van der Waals surface area contributed by atoms with E-state index in [2.05, 4.69) is 33.4 Å². The first-order valence-corrected chi connectivity index (χ1v) is 8.87. The number of rotatable bonds is 6. The molecule has 0 atom stereocenters. The van der Waals surface area contributed by atoms with Gasteiger partial charge in [-0.1, -0.05) is 0 Å². The standard InChI is InChI=1S/C20H23N5O/c21-15-18-1-3-19(4-2-18)23-16-20(26)25-13-11-24(12-14-25)10-7-17-5-8-22-9-6-17/h1-6,8-9,23H,7,10-14,16H2. The molecule has 0 bridgehead atoms. The fraction of sp³-hybridized carbons (Fsp3) is 0.350. The molecule has 1 amide bonds. The SMILES string of the molecule is N#Cc1ccc(NCC(=O)N2CCN(CCc3ccncc3)CC2)cc1. The van der Waals surface area contributed by atoms with Crippen molar-refractivity contribution in [1.29, 1.82) is 5.26 Å². The molecule has 0 unspecified atom stereocenters. The zero-order valence-corrected chi connectivity index (χ0v) is 14.8. The van der Waals surface area contributed by atoms with E-state index in [-0.39, 0.29) is 12.5 Å². The molecule has 0 aliphatic carbocycles. The molecular formula is C20H23N5O. The van der Waals surface area contributed by atoms with E-state index in [0.717, 1.165) is 44.8 Å². The highest BCUT2D eigenvalue weighted by Crippen LogP contribution is 2.09. The molecule has 2 heterocycles. The maximum atomic E-state index is 12.4. The Balaban J connectivity index is 1.38. The topological polar surface area (TPSA) is 72.3 Å². The van der Waals surface area contributed by atoms with Gasteiger partial charge in [-0.05, 0) is 48.4 Å². The Labute approximate surface area is 154 Å². The highest BCUT2D eigenvalue weighted by atomic mass is 16.2. The van der Waals surface area contributed by atoms with E-state index in [4.69, 9.17) is 5.26 Å². The summed E-state index contributed by atoms with van der Waals surface area (Å²) in [6.45, 7) is 4.65. The predicted octanol–water partition coefficient (Wildman–Crippen LogP) is 1.75. The number of nitrogens with one attached hydrogen (secondary N) is 1. The van der Waals surface area contributed by atoms with Crippen LogP contribution in [0.2, 0.25) is 0 Å². The minimum absolute atomic E-state index is 0.114. The lowest BCUT2D eigenvalue weighted by atomic mass is 10.2. The summed E-state index contributed by atoms with van der Waals surface area (Å²) in [6, 6.07) is 13.3. The number of aromatic nitrogens is 1. The number of nitriles is 1. The van der Waals surface area contributed by atoms with Crippen LogP contribution in [0.1, 0.15) is 11.1 Å².